The van der Waals surface area contributed by atoms with E-state index in [2.05, 4.69) is 14.2 Å². The number of nitrogens with one attached hydrogen (secondary N) is 1. The van der Waals surface area contributed by atoms with Crippen molar-refractivity contribution < 1.29 is 17.0 Å². The van der Waals surface area contributed by atoms with Gasteiger partial charge in [0, 0.05) is 0 Å². The number of imidazole rings is 1. The molecule has 8 heteroatoms. The molecule has 0 aliphatic heterocycles. The van der Waals surface area contributed by atoms with E-state index in [1.807, 2.05) is 0 Å². The molecular weight excluding hydrogens is 261 g/mol. The van der Waals surface area contributed by atoms with Crippen LogP contribution in [0.3, 0.4) is 0 Å². The Labute approximate surface area is 102 Å². The number of aromatic nitrogens is 2. The molecule has 2 aromatic rings. The third-order valence-electron chi connectivity index (χ3n) is 2.03. The molecule has 0 atom stereocenters. The van der Waals surface area contributed by atoms with Crippen molar-refractivity contribution in [3.05, 3.63) is 42.1 Å². The lowest BCUT2D eigenvalue weighted by atomic mass is 10.2. The van der Waals surface area contributed by atoms with Crippen LogP contribution in [0.15, 0.2) is 35.7 Å². The fraction of sp³-hybridized carbons (Fsp3) is 0. The van der Waals surface area contributed by atoms with Gasteiger partial charge in [0.15, 0.2) is 10.8 Å². The van der Waals surface area contributed by atoms with E-state index in [1.165, 1.54) is 12.1 Å². The monoisotopic (exact) mass is 267 g/mol. The second kappa shape index (κ2) is 4.46. The summed E-state index contributed by atoms with van der Waals surface area (Å²) in [4.78, 5) is 5.89. The quantitative estimate of drug-likeness (QED) is 0.842. The van der Waals surface area contributed by atoms with Crippen molar-refractivity contribution in [3.8, 4) is 11.8 Å². The maximum atomic E-state index is 13.3. The van der Waals surface area contributed by atoms with E-state index in [9.17, 15) is 12.8 Å². The highest BCUT2D eigenvalue weighted by Crippen LogP contribution is 2.23. The van der Waals surface area contributed by atoms with E-state index in [4.69, 9.17) is 5.26 Å². The number of halogens is 1. The first kappa shape index (κ1) is 12.1. The number of nitrogens with zero attached hydrogens (tertiary/aromatic N) is 2. The van der Waals surface area contributed by atoms with Crippen LogP contribution in [-0.2, 0) is 10.1 Å². The van der Waals surface area contributed by atoms with Crippen molar-refractivity contribution in [1.82, 2.24) is 9.97 Å². The predicted octanol–water partition coefficient (Wildman–Crippen LogP) is 1.19. The molecule has 0 bridgehead atoms. The maximum absolute atomic E-state index is 13.3. The van der Waals surface area contributed by atoms with Gasteiger partial charge in [-0.15, -0.1) is 0 Å². The Morgan fingerprint density at radius 1 is 1.44 bits per heavy atom. The van der Waals surface area contributed by atoms with Crippen molar-refractivity contribution in [2.45, 2.75) is 5.03 Å². The fourth-order valence-corrected chi connectivity index (χ4v) is 2.08. The van der Waals surface area contributed by atoms with Gasteiger partial charge in [-0.1, -0.05) is 6.07 Å². The first-order chi connectivity index (χ1) is 8.54. The molecule has 2 rings (SSSR count). The number of rotatable bonds is 3. The molecule has 0 aliphatic rings. The first-order valence-electron chi connectivity index (χ1n) is 4.66. The van der Waals surface area contributed by atoms with Crippen molar-refractivity contribution in [2.75, 3.05) is 0 Å². The summed E-state index contributed by atoms with van der Waals surface area (Å²) in [6.07, 6.45) is 2.20. The molecule has 6 nitrogen and oxygen atoms in total. The average Bonchev–Trinajstić information content (AvgIpc) is 2.83. The molecule has 1 aromatic carbocycles. The summed E-state index contributed by atoms with van der Waals surface area (Å²) in [5.74, 6) is -1.22. The van der Waals surface area contributed by atoms with Gasteiger partial charge in [-0.2, -0.15) is 13.7 Å². The zero-order valence-corrected chi connectivity index (χ0v) is 9.61. The molecule has 1 N–H and O–H groups in total. The van der Waals surface area contributed by atoms with Crippen LogP contribution in [0.4, 0.5) is 4.39 Å². The SMILES string of the molecule is N#Cc1c(F)cccc1OS(=O)(=O)c1cnc[nH]1. The van der Waals surface area contributed by atoms with Gasteiger partial charge in [0.05, 0.1) is 12.5 Å². The van der Waals surface area contributed by atoms with E-state index in [1.54, 1.807) is 6.07 Å². The smallest absolute Gasteiger partial charge is 0.356 e. The van der Waals surface area contributed by atoms with Gasteiger partial charge in [-0.25, -0.2) is 9.37 Å². The summed E-state index contributed by atoms with van der Waals surface area (Å²) >= 11 is 0. The van der Waals surface area contributed by atoms with Crippen molar-refractivity contribution in [1.29, 1.82) is 5.26 Å². The molecular formula is C10H6FN3O3S. The van der Waals surface area contributed by atoms with E-state index < -0.39 is 21.5 Å². The molecule has 18 heavy (non-hydrogen) atoms. The van der Waals surface area contributed by atoms with Gasteiger partial charge in [0.25, 0.3) is 0 Å². The highest BCUT2D eigenvalue weighted by atomic mass is 32.2. The van der Waals surface area contributed by atoms with Crippen LogP contribution < -0.4 is 4.18 Å². The standard InChI is InChI=1S/C10H6FN3O3S/c11-8-2-1-3-9(7(8)4-12)17-18(15,16)10-5-13-6-14-10/h1-3,5-6H,(H,13,14). The van der Waals surface area contributed by atoms with E-state index in [0.717, 1.165) is 18.6 Å². The molecule has 1 heterocycles. The number of H-pyrrole nitrogens is 1. The zero-order valence-electron chi connectivity index (χ0n) is 8.79. The highest BCUT2D eigenvalue weighted by molar-refractivity contribution is 7.87. The minimum atomic E-state index is -4.16. The van der Waals surface area contributed by atoms with Crippen molar-refractivity contribution in [2.24, 2.45) is 0 Å². The normalized spacial score (nSPS) is 10.9. The highest BCUT2D eigenvalue weighted by Gasteiger charge is 2.21. The van der Waals surface area contributed by atoms with E-state index in [0.29, 0.717) is 0 Å². The minimum Gasteiger partial charge on any atom is -0.376 e. The van der Waals surface area contributed by atoms with Crippen LogP contribution in [0.25, 0.3) is 0 Å². The Bertz CT molecular complexity index is 704. The Kier molecular flexibility index (Phi) is 2.99. The summed E-state index contributed by atoms with van der Waals surface area (Å²) in [5, 5.41) is 8.46. The molecule has 0 spiro atoms. The molecule has 92 valence electrons. The van der Waals surface area contributed by atoms with Gasteiger partial charge in [0.2, 0.25) is 0 Å². The van der Waals surface area contributed by atoms with Gasteiger partial charge < -0.3 is 9.17 Å². The van der Waals surface area contributed by atoms with Crippen LogP contribution in [0.2, 0.25) is 0 Å². The zero-order chi connectivity index (χ0) is 13.2. The second-order valence-electron chi connectivity index (χ2n) is 3.18. The van der Waals surface area contributed by atoms with Gasteiger partial charge in [-0.05, 0) is 12.1 Å². The summed E-state index contributed by atoms with van der Waals surface area (Å²) in [7, 11) is -4.16. The number of hydrogen-bond acceptors (Lipinski definition) is 5. The predicted molar refractivity (Wildman–Crippen MR) is 57.5 cm³/mol. The summed E-state index contributed by atoms with van der Waals surface area (Å²) in [6.45, 7) is 0. The Morgan fingerprint density at radius 3 is 2.83 bits per heavy atom. The third kappa shape index (κ3) is 2.16. The van der Waals surface area contributed by atoms with E-state index in [-0.39, 0.29) is 10.8 Å². The summed E-state index contributed by atoms with van der Waals surface area (Å²) < 4.78 is 41.4. The van der Waals surface area contributed by atoms with Crippen LogP contribution in [0, 0.1) is 17.1 Å². The van der Waals surface area contributed by atoms with Crippen molar-refractivity contribution in [3.63, 3.8) is 0 Å². The molecule has 0 fully saturated rings. The van der Waals surface area contributed by atoms with Crippen LogP contribution in [0.5, 0.6) is 5.75 Å². The fourth-order valence-electron chi connectivity index (χ4n) is 1.23. The lowest BCUT2D eigenvalue weighted by molar-refractivity contribution is 0.479. The topological polar surface area (TPSA) is 95.8 Å². The van der Waals surface area contributed by atoms with E-state index >= 15 is 0 Å². The lowest BCUT2D eigenvalue weighted by Gasteiger charge is -2.06. The molecule has 1 aromatic heterocycles. The first-order valence-corrected chi connectivity index (χ1v) is 6.07. The Hall–Kier alpha value is -2.40. The third-order valence-corrected chi connectivity index (χ3v) is 3.19. The summed E-state index contributed by atoms with van der Waals surface area (Å²) in [6, 6.07) is 5.01. The lowest BCUT2D eigenvalue weighted by Crippen LogP contribution is -2.11. The van der Waals surface area contributed by atoms with Crippen molar-refractivity contribution >= 4 is 10.1 Å². The second-order valence-corrected chi connectivity index (χ2v) is 4.69. The average molecular weight is 267 g/mol. The number of nitriles is 1. The molecule has 0 saturated heterocycles. The number of aromatic amines is 1. The molecule has 0 radical (unpaired) electrons. The molecule has 0 saturated carbocycles. The Morgan fingerprint density at radius 2 is 2.22 bits per heavy atom. The number of hydrogen-bond donors (Lipinski definition) is 1. The van der Waals surface area contributed by atoms with Crippen LogP contribution in [-0.4, -0.2) is 18.4 Å². The maximum Gasteiger partial charge on any atom is 0.356 e. The molecule has 0 aliphatic carbocycles. The Balaban J connectivity index is 2.43. The number of benzene rings is 1. The van der Waals surface area contributed by atoms with Gasteiger partial charge in [0.1, 0.15) is 17.4 Å². The molecule has 0 amide bonds. The van der Waals surface area contributed by atoms with Crippen LogP contribution in [0.1, 0.15) is 5.56 Å². The largest absolute Gasteiger partial charge is 0.376 e. The van der Waals surface area contributed by atoms with Gasteiger partial charge >= 0.3 is 10.1 Å². The minimum absolute atomic E-state index is 0.282. The van der Waals surface area contributed by atoms with Gasteiger partial charge in [-0.3, -0.25) is 0 Å². The molecule has 0 unspecified atom stereocenters. The summed E-state index contributed by atoms with van der Waals surface area (Å²) in [5.41, 5.74) is -0.472. The van der Waals surface area contributed by atoms with Crippen LogP contribution >= 0.6 is 0 Å².